The number of benzene rings is 3. The number of hydrogen-bond acceptors (Lipinski definition) is 1. The second-order valence-corrected chi connectivity index (χ2v) is 14.0. The van der Waals surface area contributed by atoms with E-state index in [4.69, 9.17) is 4.74 Å². The molecule has 0 aliphatic heterocycles. The van der Waals surface area contributed by atoms with Crippen LogP contribution in [0.2, 0.25) is 0 Å². The molecule has 0 heterocycles. The summed E-state index contributed by atoms with van der Waals surface area (Å²) in [6.45, 7) is 6.86. The highest BCUT2D eigenvalue weighted by Gasteiger charge is 2.61. The molecule has 3 aliphatic rings. The maximum atomic E-state index is 15.4. The van der Waals surface area contributed by atoms with Crippen LogP contribution in [-0.4, -0.2) is 5.60 Å². The predicted octanol–water partition coefficient (Wildman–Crippen LogP) is 8.54. The van der Waals surface area contributed by atoms with Crippen LogP contribution in [0.25, 0.3) is 0 Å². The highest BCUT2D eigenvalue weighted by atomic mass is 32.2. The van der Waals surface area contributed by atoms with E-state index in [0.717, 1.165) is 41.4 Å². The molecule has 4 unspecified atom stereocenters. The van der Waals surface area contributed by atoms with Crippen molar-refractivity contribution < 1.29 is 9.13 Å². The molecule has 35 heavy (non-hydrogen) atoms. The first kappa shape index (κ1) is 23.2. The van der Waals surface area contributed by atoms with Gasteiger partial charge in [0.2, 0.25) is 0 Å². The maximum absolute atomic E-state index is 15.4. The summed E-state index contributed by atoms with van der Waals surface area (Å²) in [5.74, 6) is 3.40. The van der Waals surface area contributed by atoms with Crippen molar-refractivity contribution in [1.82, 2.24) is 0 Å². The van der Waals surface area contributed by atoms with Crippen molar-refractivity contribution >= 4 is 10.9 Å². The Labute approximate surface area is 212 Å². The van der Waals surface area contributed by atoms with Gasteiger partial charge < -0.3 is 4.74 Å². The second-order valence-electron chi connectivity index (χ2n) is 11.9. The summed E-state index contributed by atoms with van der Waals surface area (Å²) in [5.41, 5.74) is -0.374. The minimum Gasteiger partial charge on any atom is -0.483 e. The highest BCUT2D eigenvalue weighted by molar-refractivity contribution is 7.97. The van der Waals surface area contributed by atoms with Crippen LogP contribution in [0.5, 0.6) is 5.75 Å². The molecule has 1 nitrogen and oxygen atoms in total. The lowest BCUT2D eigenvalue weighted by molar-refractivity contribution is -0.0387. The Morgan fingerprint density at radius 2 is 1.31 bits per heavy atom. The summed E-state index contributed by atoms with van der Waals surface area (Å²) in [5, 5.41) is 0. The Kier molecular flexibility index (Phi) is 5.75. The Morgan fingerprint density at radius 1 is 0.771 bits per heavy atom. The lowest BCUT2D eigenvalue weighted by atomic mass is 9.73. The molecule has 0 spiro atoms. The number of rotatable bonds is 5. The van der Waals surface area contributed by atoms with E-state index in [9.17, 15) is 0 Å². The number of hydrogen-bond donors (Lipinski definition) is 0. The molecule has 0 saturated heterocycles. The average Bonchev–Trinajstić information content (AvgIpc) is 3.55. The number of ether oxygens (including phenoxy) is 1. The van der Waals surface area contributed by atoms with E-state index >= 15 is 4.39 Å². The summed E-state index contributed by atoms with van der Waals surface area (Å²) in [4.78, 5) is 3.56. The molecule has 2 bridgehead atoms. The van der Waals surface area contributed by atoms with Gasteiger partial charge in [0.25, 0.3) is 0 Å². The van der Waals surface area contributed by atoms with Crippen LogP contribution in [0.1, 0.15) is 52.9 Å². The molecule has 0 radical (unpaired) electrons. The Morgan fingerprint density at radius 3 is 1.83 bits per heavy atom. The van der Waals surface area contributed by atoms with E-state index < -0.39 is 0 Å². The molecule has 3 saturated carbocycles. The third-order valence-electron chi connectivity index (χ3n) is 9.17. The third kappa shape index (κ3) is 4.00. The first-order chi connectivity index (χ1) is 16.8. The standard InChI is InChI=1S/C32H36FOS/c1-31(2,3)32(20-27-22-14-15-23(18-22)28(27)21-32)34-30-19-26(16-17-29(30)33)35(24-10-6-4-7-11-24)25-12-8-5-9-13-25/h4-13,16-17,19,22-23,27-28H,14-15,18,20-21H2,1-3H3/q+1. The highest BCUT2D eigenvalue weighted by Crippen LogP contribution is 2.64. The SMILES string of the molecule is CC(C)(C)C1(Oc2cc([S+](c3ccccc3)c3ccccc3)ccc2F)CC2C3CCC(C3)C2C1. The van der Waals surface area contributed by atoms with Gasteiger partial charge in [-0.2, -0.15) is 0 Å². The van der Waals surface area contributed by atoms with E-state index in [1.165, 1.54) is 29.1 Å². The normalized spacial score (nSPS) is 29.5. The van der Waals surface area contributed by atoms with Gasteiger partial charge in [-0.25, -0.2) is 4.39 Å². The van der Waals surface area contributed by atoms with Crippen molar-refractivity contribution in [2.75, 3.05) is 0 Å². The summed E-state index contributed by atoms with van der Waals surface area (Å²) >= 11 is 0. The fraction of sp³-hybridized carbons (Fsp3) is 0.438. The van der Waals surface area contributed by atoms with E-state index in [1.54, 1.807) is 6.07 Å². The number of fused-ring (bicyclic) bond motifs is 5. The first-order valence-electron chi connectivity index (χ1n) is 13.2. The smallest absolute Gasteiger partial charge is 0.170 e. The van der Waals surface area contributed by atoms with Crippen LogP contribution in [0.15, 0.2) is 93.5 Å². The van der Waals surface area contributed by atoms with Crippen LogP contribution in [-0.2, 0) is 10.9 Å². The van der Waals surface area contributed by atoms with E-state index in [-0.39, 0.29) is 27.7 Å². The maximum Gasteiger partial charge on any atom is 0.170 e. The zero-order valence-corrected chi connectivity index (χ0v) is 21.9. The molecule has 0 N–H and O–H groups in total. The molecule has 3 heteroatoms. The summed E-state index contributed by atoms with van der Waals surface area (Å²) in [6.07, 6.45) is 6.31. The van der Waals surface area contributed by atoms with E-state index in [0.29, 0.717) is 5.75 Å². The van der Waals surface area contributed by atoms with Crippen molar-refractivity contribution in [3.63, 3.8) is 0 Å². The summed E-state index contributed by atoms with van der Waals surface area (Å²) in [7, 11) is -0.324. The lowest BCUT2D eigenvalue weighted by Crippen LogP contribution is -2.47. The van der Waals surface area contributed by atoms with E-state index in [1.807, 2.05) is 24.3 Å². The van der Waals surface area contributed by atoms with E-state index in [2.05, 4.69) is 69.3 Å². The zero-order chi connectivity index (χ0) is 24.2. The molecule has 0 aromatic heterocycles. The molecule has 4 atom stereocenters. The molecule has 3 aromatic rings. The minimum absolute atomic E-state index is 0.0558. The van der Waals surface area contributed by atoms with Crippen LogP contribution >= 0.6 is 0 Å². The second kappa shape index (κ2) is 8.69. The van der Waals surface area contributed by atoms with Gasteiger partial charge in [0.15, 0.2) is 26.3 Å². The van der Waals surface area contributed by atoms with Crippen LogP contribution in [0, 0.1) is 34.9 Å². The van der Waals surface area contributed by atoms with Crippen molar-refractivity contribution in [2.45, 2.75) is 73.2 Å². The average molecular weight is 488 g/mol. The molecule has 0 amide bonds. The quantitative estimate of drug-likeness (QED) is 0.328. The fourth-order valence-corrected chi connectivity index (χ4v) is 9.38. The fourth-order valence-electron chi connectivity index (χ4n) is 7.28. The lowest BCUT2D eigenvalue weighted by Gasteiger charge is -2.43. The summed E-state index contributed by atoms with van der Waals surface area (Å²) in [6, 6.07) is 26.7. The molecular formula is C32H36FOS+. The van der Waals surface area contributed by atoms with Gasteiger partial charge in [0.1, 0.15) is 5.60 Å². The Hall–Kier alpha value is -2.26. The molecular weight excluding hydrogens is 451 g/mol. The van der Waals surface area contributed by atoms with Gasteiger partial charge in [0.05, 0.1) is 10.9 Å². The molecule has 3 aliphatic carbocycles. The van der Waals surface area contributed by atoms with Crippen molar-refractivity contribution in [3.8, 4) is 5.75 Å². The summed E-state index contributed by atoms with van der Waals surface area (Å²) < 4.78 is 22.3. The van der Waals surface area contributed by atoms with Crippen LogP contribution in [0.4, 0.5) is 4.39 Å². The van der Waals surface area contributed by atoms with Gasteiger partial charge in [-0.05, 0) is 92.2 Å². The van der Waals surface area contributed by atoms with Gasteiger partial charge in [-0.1, -0.05) is 57.2 Å². The monoisotopic (exact) mass is 487 g/mol. The van der Waals surface area contributed by atoms with Gasteiger partial charge in [-0.15, -0.1) is 0 Å². The third-order valence-corrected chi connectivity index (χ3v) is 11.4. The molecule has 182 valence electrons. The van der Waals surface area contributed by atoms with Crippen molar-refractivity contribution in [3.05, 3.63) is 84.7 Å². The topological polar surface area (TPSA) is 9.23 Å². The number of halogens is 1. The first-order valence-corrected chi connectivity index (χ1v) is 14.4. The van der Waals surface area contributed by atoms with Crippen LogP contribution in [0.3, 0.4) is 0 Å². The molecule has 3 fully saturated rings. The Bertz CT molecular complexity index is 1130. The van der Waals surface area contributed by atoms with Crippen molar-refractivity contribution in [1.29, 1.82) is 0 Å². The van der Waals surface area contributed by atoms with Gasteiger partial charge in [-0.3, -0.25) is 0 Å². The van der Waals surface area contributed by atoms with Gasteiger partial charge in [0, 0.05) is 11.5 Å². The predicted molar refractivity (Wildman–Crippen MR) is 141 cm³/mol. The zero-order valence-electron chi connectivity index (χ0n) is 21.0. The van der Waals surface area contributed by atoms with Crippen LogP contribution < -0.4 is 4.74 Å². The molecule has 6 rings (SSSR count). The molecule has 3 aromatic carbocycles. The van der Waals surface area contributed by atoms with Crippen molar-refractivity contribution in [2.24, 2.45) is 29.1 Å². The minimum atomic E-state index is -0.324. The van der Waals surface area contributed by atoms with Gasteiger partial charge >= 0.3 is 0 Å². The largest absolute Gasteiger partial charge is 0.483 e. The Balaban J connectivity index is 1.38.